The number of aliphatic hydroxyl groups excluding tert-OH is 1. The molecule has 0 unspecified atom stereocenters. The molecule has 3 atom stereocenters. The molecule has 0 aromatic heterocycles. The summed E-state index contributed by atoms with van der Waals surface area (Å²) in [6, 6.07) is 0. The average molecular weight is 431 g/mol. The van der Waals surface area contributed by atoms with E-state index in [1.165, 1.54) is 7.11 Å². The van der Waals surface area contributed by atoms with E-state index in [4.69, 9.17) is 14.6 Å². The summed E-state index contributed by atoms with van der Waals surface area (Å²) in [5.41, 5.74) is -1.000. The molecule has 8 heteroatoms. The van der Waals surface area contributed by atoms with Gasteiger partial charge in [0.2, 0.25) is 11.4 Å². The van der Waals surface area contributed by atoms with Crippen LogP contribution in [0.1, 0.15) is 34.1 Å². The van der Waals surface area contributed by atoms with Crippen LogP contribution in [0.3, 0.4) is 0 Å². The normalized spacial score (nSPS) is 29.1. The van der Waals surface area contributed by atoms with Crippen molar-refractivity contribution in [3.8, 4) is 0 Å². The number of nitrogens with one attached hydrogen (secondary N) is 1. The van der Waals surface area contributed by atoms with Crippen LogP contribution in [-0.4, -0.2) is 59.0 Å². The zero-order chi connectivity index (χ0) is 23.4. The number of carbonyl (C=O) groups excluding carboxylic acids is 3. The van der Waals surface area contributed by atoms with Gasteiger partial charge in [-0.3, -0.25) is 9.59 Å². The average Bonchev–Trinajstić information content (AvgIpc) is 3.44. The topological polar surface area (TPSA) is 125 Å². The van der Waals surface area contributed by atoms with Crippen LogP contribution in [0.15, 0.2) is 58.7 Å². The van der Waals surface area contributed by atoms with Gasteiger partial charge in [0.15, 0.2) is 11.8 Å². The lowest BCUT2D eigenvalue weighted by molar-refractivity contribution is -0.138. The van der Waals surface area contributed by atoms with Crippen molar-refractivity contribution >= 4 is 17.7 Å². The Morgan fingerprint density at radius 3 is 2.45 bits per heavy atom. The minimum Gasteiger partial charge on any atom is -0.465 e. The number of ketones is 1. The molecule has 2 fully saturated rings. The molecule has 2 aliphatic heterocycles. The number of fused-ring (bicyclic) bond motifs is 1. The summed E-state index contributed by atoms with van der Waals surface area (Å²) in [6.07, 6.45) is 9.13. The zero-order valence-corrected chi connectivity index (χ0v) is 18.4. The Hall–Kier alpha value is -2.81. The smallest absolute Gasteiger partial charge is 0.337 e. The van der Waals surface area contributed by atoms with Gasteiger partial charge >= 0.3 is 5.97 Å². The maximum Gasteiger partial charge on any atom is 0.337 e. The Labute approximate surface area is 181 Å². The molecule has 2 heterocycles. The maximum absolute atomic E-state index is 12.8. The van der Waals surface area contributed by atoms with E-state index in [2.05, 4.69) is 5.32 Å². The fourth-order valence-electron chi connectivity index (χ4n) is 3.54. The molecule has 0 aromatic rings. The lowest BCUT2D eigenvalue weighted by Gasteiger charge is -2.22. The number of hydrogen-bond acceptors (Lipinski definition) is 7. The Kier molecular flexibility index (Phi) is 7.54. The van der Waals surface area contributed by atoms with Crippen LogP contribution >= 0.6 is 0 Å². The molecule has 1 amide bonds. The summed E-state index contributed by atoms with van der Waals surface area (Å²) in [5, 5.41) is 21.8. The predicted molar refractivity (Wildman–Crippen MR) is 114 cm³/mol. The molecule has 2 aliphatic rings. The van der Waals surface area contributed by atoms with Crippen molar-refractivity contribution in [2.24, 2.45) is 0 Å². The zero-order valence-electron chi connectivity index (χ0n) is 18.4. The van der Waals surface area contributed by atoms with Gasteiger partial charge in [0.05, 0.1) is 12.7 Å². The first-order valence-corrected chi connectivity index (χ1v) is 9.90. The van der Waals surface area contributed by atoms with Gasteiger partial charge < -0.3 is 25.0 Å². The number of esters is 1. The monoisotopic (exact) mass is 431 g/mol. The molecule has 0 bridgehead atoms. The Morgan fingerprint density at radius 1 is 1.23 bits per heavy atom. The quantitative estimate of drug-likeness (QED) is 0.166. The van der Waals surface area contributed by atoms with E-state index in [0.717, 1.165) is 11.1 Å². The third-order valence-corrected chi connectivity index (χ3v) is 5.18. The molecular formula is C23H29NO7. The number of carbonyl (C=O) groups is 3. The number of methoxy groups -OCH3 is 1. The Bertz CT molecular complexity index is 924. The van der Waals surface area contributed by atoms with Gasteiger partial charge in [-0.1, -0.05) is 41.5 Å². The largest absolute Gasteiger partial charge is 0.465 e. The van der Waals surface area contributed by atoms with Crippen LogP contribution in [0.4, 0.5) is 0 Å². The second-order valence-corrected chi connectivity index (χ2v) is 7.64. The van der Waals surface area contributed by atoms with E-state index in [0.29, 0.717) is 11.1 Å². The number of aliphatic hydroxyl groups is 2. The third-order valence-electron chi connectivity index (χ3n) is 5.18. The predicted octanol–water partition coefficient (Wildman–Crippen LogP) is 1.41. The van der Waals surface area contributed by atoms with Crippen molar-refractivity contribution < 1.29 is 34.1 Å². The van der Waals surface area contributed by atoms with Gasteiger partial charge in [0, 0.05) is 13.0 Å². The Morgan fingerprint density at radius 2 is 1.90 bits per heavy atom. The van der Waals surface area contributed by atoms with E-state index in [9.17, 15) is 19.5 Å². The van der Waals surface area contributed by atoms with Crippen molar-refractivity contribution in [3.05, 3.63) is 58.7 Å². The molecular weight excluding hydrogens is 402 g/mol. The molecule has 0 spiro atoms. The van der Waals surface area contributed by atoms with Crippen LogP contribution < -0.4 is 5.32 Å². The van der Waals surface area contributed by atoms with Gasteiger partial charge in [-0.2, -0.15) is 0 Å². The highest BCUT2D eigenvalue weighted by Crippen LogP contribution is 2.50. The number of allylic oxidation sites excluding steroid dienone is 7. The minimum atomic E-state index is -1.74. The first-order valence-electron chi connectivity index (χ1n) is 9.90. The molecule has 8 nitrogen and oxygen atoms in total. The number of morpholine rings is 1. The molecule has 3 N–H and O–H groups in total. The van der Waals surface area contributed by atoms with E-state index >= 15 is 0 Å². The molecule has 31 heavy (non-hydrogen) atoms. The van der Waals surface area contributed by atoms with Crippen LogP contribution in [0.2, 0.25) is 0 Å². The number of Topliss-reactive ketones (excluding diaryl/α,β-unsaturated/α-hetero) is 1. The molecule has 2 rings (SSSR count). The van der Waals surface area contributed by atoms with Gasteiger partial charge in [-0.25, -0.2) is 4.79 Å². The summed E-state index contributed by atoms with van der Waals surface area (Å²) in [6.45, 7) is 6.68. The van der Waals surface area contributed by atoms with Crippen molar-refractivity contribution in [1.82, 2.24) is 5.32 Å². The van der Waals surface area contributed by atoms with Crippen LogP contribution in [0.5, 0.6) is 0 Å². The van der Waals surface area contributed by atoms with Gasteiger partial charge in [0.25, 0.3) is 5.91 Å². The fourth-order valence-corrected chi connectivity index (χ4v) is 3.54. The van der Waals surface area contributed by atoms with E-state index in [1.54, 1.807) is 44.2 Å². The molecule has 0 saturated carbocycles. The van der Waals surface area contributed by atoms with E-state index < -0.39 is 35.1 Å². The van der Waals surface area contributed by atoms with Crippen LogP contribution in [0, 0.1) is 0 Å². The highest BCUT2D eigenvalue weighted by atomic mass is 16.6. The van der Waals surface area contributed by atoms with Crippen molar-refractivity contribution in [2.75, 3.05) is 13.7 Å². The van der Waals surface area contributed by atoms with Gasteiger partial charge in [-0.05, 0) is 39.3 Å². The second-order valence-electron chi connectivity index (χ2n) is 7.64. The first kappa shape index (κ1) is 24.5. The summed E-state index contributed by atoms with van der Waals surface area (Å²) >= 11 is 0. The van der Waals surface area contributed by atoms with Gasteiger partial charge in [0.1, 0.15) is 0 Å². The third kappa shape index (κ3) is 4.92. The van der Waals surface area contributed by atoms with Crippen LogP contribution in [0.25, 0.3) is 0 Å². The number of amides is 1. The second kappa shape index (κ2) is 9.55. The molecule has 0 radical (unpaired) electrons. The first-order chi connectivity index (χ1) is 14.5. The van der Waals surface area contributed by atoms with Gasteiger partial charge in [-0.15, -0.1) is 0 Å². The lowest BCUT2D eigenvalue weighted by atomic mass is 9.92. The van der Waals surface area contributed by atoms with Crippen molar-refractivity contribution in [1.29, 1.82) is 0 Å². The van der Waals surface area contributed by atoms with Crippen LogP contribution in [-0.2, 0) is 23.9 Å². The SMILES string of the molecule is C\C=C(/C=C(C)/C=C(C)/C=C\C=C(/C)C(=O)[C@@]12O[C@H]1[C@@](O)(CCO)NC2=O)C(=O)OC. The summed E-state index contributed by atoms with van der Waals surface area (Å²) in [4.78, 5) is 36.7. The number of epoxide rings is 1. The highest BCUT2D eigenvalue weighted by Gasteiger charge is 2.80. The standard InChI is InChI=1S/C23H29NO7/c1-6-17(19(27)30-5)13-15(3)12-14(2)8-7-9-16(4)18(26)23-20(31-23)22(29,10-11-25)24-21(23)28/h6-9,12-13,20,25,29H,10-11H2,1-5H3,(H,24,28)/b8-7-,14-12+,15-13+,16-9+,17-6+/t20-,22-,23+/m0/s1. The fraction of sp³-hybridized carbons (Fsp3) is 0.435. The number of ether oxygens (including phenoxy) is 2. The number of hydrogen-bond donors (Lipinski definition) is 3. The van der Waals surface area contributed by atoms with E-state index in [1.807, 2.05) is 19.9 Å². The number of rotatable bonds is 9. The molecule has 2 saturated heterocycles. The summed E-state index contributed by atoms with van der Waals surface area (Å²) in [5.74, 6) is -1.64. The highest BCUT2D eigenvalue weighted by molar-refractivity contribution is 6.21. The lowest BCUT2D eigenvalue weighted by Crippen LogP contribution is -2.48. The molecule has 0 aliphatic carbocycles. The molecule has 168 valence electrons. The van der Waals surface area contributed by atoms with Crippen molar-refractivity contribution in [2.45, 2.75) is 51.5 Å². The minimum absolute atomic E-state index is 0.122. The Balaban J connectivity index is 2.08. The van der Waals surface area contributed by atoms with E-state index in [-0.39, 0.29) is 13.0 Å². The van der Waals surface area contributed by atoms with Crippen molar-refractivity contribution in [3.63, 3.8) is 0 Å². The maximum atomic E-state index is 12.8. The molecule has 0 aromatic carbocycles. The summed E-state index contributed by atoms with van der Waals surface area (Å²) in [7, 11) is 1.33. The summed E-state index contributed by atoms with van der Waals surface area (Å²) < 4.78 is 10.0.